The second kappa shape index (κ2) is 10.8. The fourth-order valence-electron chi connectivity index (χ4n) is 3.01. The van der Waals surface area contributed by atoms with E-state index < -0.39 is 5.97 Å². The van der Waals surface area contributed by atoms with Gasteiger partial charge in [0.2, 0.25) is 0 Å². The van der Waals surface area contributed by atoms with Gasteiger partial charge in [-0.05, 0) is 49.7 Å². The van der Waals surface area contributed by atoms with Gasteiger partial charge in [0.1, 0.15) is 12.4 Å². The van der Waals surface area contributed by atoms with Gasteiger partial charge in [0.15, 0.2) is 0 Å². The smallest absolute Gasteiger partial charge is 0.335 e. The van der Waals surface area contributed by atoms with Crippen LogP contribution in [0.3, 0.4) is 0 Å². The Labute approximate surface area is 167 Å². The number of hydrogen-bond donors (Lipinski definition) is 0. The maximum atomic E-state index is 14.6. The Morgan fingerprint density at radius 1 is 1.07 bits per heavy atom. The normalized spacial score (nSPS) is 10.9. The van der Waals surface area contributed by atoms with E-state index in [9.17, 15) is 9.18 Å². The van der Waals surface area contributed by atoms with Crippen LogP contribution in [0.4, 0.5) is 4.39 Å². The van der Waals surface area contributed by atoms with E-state index in [0.29, 0.717) is 23.2 Å². The third-order valence-corrected chi connectivity index (χ3v) is 4.53. The number of hydrogen-bond acceptors (Lipinski definition) is 3. The Morgan fingerprint density at radius 3 is 2.36 bits per heavy atom. The number of aryl methyl sites for hydroxylation is 1. The van der Waals surface area contributed by atoms with Gasteiger partial charge in [-0.2, -0.15) is 0 Å². The summed E-state index contributed by atoms with van der Waals surface area (Å²) in [6.45, 7) is 6.37. The van der Waals surface area contributed by atoms with Gasteiger partial charge in [-0.1, -0.05) is 62.7 Å². The van der Waals surface area contributed by atoms with E-state index in [0.717, 1.165) is 12.0 Å². The second-order valence-electron chi connectivity index (χ2n) is 7.39. The first-order valence-electron chi connectivity index (χ1n) is 9.78. The lowest BCUT2D eigenvalue weighted by Crippen LogP contribution is -2.20. The predicted octanol–water partition coefficient (Wildman–Crippen LogP) is 5.39. The summed E-state index contributed by atoms with van der Waals surface area (Å²) < 4.78 is 19.8. The fourth-order valence-corrected chi connectivity index (χ4v) is 3.01. The Morgan fingerprint density at radius 2 is 1.75 bits per heavy atom. The molecule has 0 saturated carbocycles. The first-order valence-corrected chi connectivity index (χ1v) is 9.78. The molecule has 0 aliphatic carbocycles. The van der Waals surface area contributed by atoms with Crippen molar-refractivity contribution in [1.29, 1.82) is 0 Å². The summed E-state index contributed by atoms with van der Waals surface area (Å²) in [5.41, 5.74) is 3.66. The van der Waals surface area contributed by atoms with Crippen molar-refractivity contribution in [2.75, 3.05) is 20.6 Å². The van der Waals surface area contributed by atoms with Crippen LogP contribution in [0.25, 0.3) is 11.1 Å². The number of carbonyl (C=O) groups is 1. The number of halogens is 1. The monoisotopic (exact) mass is 383 g/mol. The van der Waals surface area contributed by atoms with Crippen LogP contribution in [-0.4, -0.2) is 31.5 Å². The number of esters is 1. The minimum Gasteiger partial charge on any atom is -0.457 e. The van der Waals surface area contributed by atoms with E-state index >= 15 is 0 Å². The van der Waals surface area contributed by atoms with Crippen molar-refractivity contribution in [3.8, 4) is 11.1 Å². The van der Waals surface area contributed by atoms with Crippen molar-refractivity contribution in [1.82, 2.24) is 4.90 Å². The number of unbranched alkanes of at least 4 members (excludes halogenated alkanes) is 2. The minimum absolute atomic E-state index is 0.0266. The zero-order valence-corrected chi connectivity index (χ0v) is 17.1. The van der Waals surface area contributed by atoms with Crippen LogP contribution in [0.1, 0.15) is 37.3 Å². The highest BCUT2D eigenvalue weighted by atomic mass is 19.1. The van der Waals surface area contributed by atoms with Crippen molar-refractivity contribution in [3.63, 3.8) is 0 Å². The standard InChI is InChI=1S/C24H30FNO2/c1-5-6-7-8-19-9-12-21(13-10-19)22-14-11-20(15-23(22)25)17-28-24(27)18(2)16-26(3)4/h9-15H,2,5-8,16-17H2,1,3-4H3. The number of benzene rings is 2. The average Bonchev–Trinajstić information content (AvgIpc) is 2.66. The summed E-state index contributed by atoms with van der Waals surface area (Å²) in [5.74, 6) is -0.781. The largest absolute Gasteiger partial charge is 0.457 e. The molecule has 0 N–H and O–H groups in total. The van der Waals surface area contributed by atoms with Crippen molar-refractivity contribution in [2.45, 2.75) is 39.2 Å². The molecule has 4 heteroatoms. The zero-order chi connectivity index (χ0) is 20.5. The molecule has 0 radical (unpaired) electrons. The molecular weight excluding hydrogens is 353 g/mol. The van der Waals surface area contributed by atoms with E-state index in [1.165, 1.54) is 30.9 Å². The molecule has 150 valence electrons. The minimum atomic E-state index is -0.461. The maximum absolute atomic E-state index is 14.6. The van der Waals surface area contributed by atoms with Gasteiger partial charge in [0.25, 0.3) is 0 Å². The van der Waals surface area contributed by atoms with Gasteiger partial charge >= 0.3 is 5.97 Å². The van der Waals surface area contributed by atoms with Crippen LogP contribution < -0.4 is 0 Å². The lowest BCUT2D eigenvalue weighted by atomic mass is 10.00. The molecule has 0 amide bonds. The van der Waals surface area contributed by atoms with Crippen LogP contribution in [-0.2, 0) is 22.6 Å². The van der Waals surface area contributed by atoms with Gasteiger partial charge in [0.05, 0.1) is 0 Å². The van der Waals surface area contributed by atoms with Gasteiger partial charge in [-0.3, -0.25) is 0 Å². The molecule has 0 unspecified atom stereocenters. The first-order chi connectivity index (χ1) is 13.4. The van der Waals surface area contributed by atoms with Gasteiger partial charge in [-0.15, -0.1) is 0 Å². The molecular formula is C24H30FNO2. The molecule has 28 heavy (non-hydrogen) atoms. The number of likely N-dealkylation sites (N-methyl/N-ethyl adjacent to an activating group) is 1. The lowest BCUT2D eigenvalue weighted by molar-refractivity contribution is -0.140. The van der Waals surface area contributed by atoms with Crippen LogP contribution >= 0.6 is 0 Å². The Bertz CT molecular complexity index is 797. The zero-order valence-electron chi connectivity index (χ0n) is 17.1. The van der Waals surface area contributed by atoms with E-state index in [2.05, 4.69) is 25.6 Å². The summed E-state index contributed by atoms with van der Waals surface area (Å²) >= 11 is 0. The molecule has 0 atom stereocenters. The topological polar surface area (TPSA) is 29.5 Å². The van der Waals surface area contributed by atoms with Crippen molar-refractivity contribution in [3.05, 3.63) is 71.6 Å². The fraction of sp³-hybridized carbons (Fsp3) is 0.375. The number of ether oxygens (including phenoxy) is 1. The summed E-state index contributed by atoms with van der Waals surface area (Å²) in [5, 5.41) is 0. The molecule has 2 aromatic carbocycles. The van der Waals surface area contributed by atoms with Crippen molar-refractivity contribution < 1.29 is 13.9 Å². The Kier molecular flexibility index (Phi) is 8.40. The van der Waals surface area contributed by atoms with Crippen LogP contribution in [0, 0.1) is 5.82 Å². The van der Waals surface area contributed by atoms with Crippen LogP contribution in [0.2, 0.25) is 0 Å². The molecule has 0 aliphatic rings. The summed E-state index contributed by atoms with van der Waals surface area (Å²) in [4.78, 5) is 13.7. The third-order valence-electron chi connectivity index (χ3n) is 4.53. The van der Waals surface area contributed by atoms with Crippen LogP contribution in [0.15, 0.2) is 54.6 Å². The van der Waals surface area contributed by atoms with Gasteiger partial charge < -0.3 is 9.64 Å². The van der Waals surface area contributed by atoms with E-state index in [1.807, 2.05) is 31.1 Å². The Hall–Kier alpha value is -2.46. The third kappa shape index (κ3) is 6.61. The van der Waals surface area contributed by atoms with E-state index in [4.69, 9.17) is 4.74 Å². The molecule has 0 saturated heterocycles. The molecule has 0 aromatic heterocycles. The van der Waals surface area contributed by atoms with Gasteiger partial charge in [0, 0.05) is 17.7 Å². The van der Waals surface area contributed by atoms with E-state index in [1.54, 1.807) is 12.1 Å². The first kappa shape index (κ1) is 21.8. The molecule has 0 heterocycles. The van der Waals surface area contributed by atoms with Crippen LogP contribution in [0.5, 0.6) is 0 Å². The van der Waals surface area contributed by atoms with E-state index in [-0.39, 0.29) is 12.4 Å². The summed E-state index contributed by atoms with van der Waals surface area (Å²) in [6.07, 6.45) is 4.66. The Balaban J connectivity index is 1.98. The molecule has 0 bridgehead atoms. The molecule has 2 rings (SSSR count). The molecule has 0 spiro atoms. The van der Waals surface area contributed by atoms with Crippen molar-refractivity contribution >= 4 is 5.97 Å². The SMILES string of the molecule is C=C(CN(C)C)C(=O)OCc1ccc(-c2ccc(CCCCC)cc2)c(F)c1. The molecule has 0 aliphatic heterocycles. The highest BCUT2D eigenvalue weighted by Crippen LogP contribution is 2.25. The van der Waals surface area contributed by atoms with Crippen molar-refractivity contribution in [2.24, 2.45) is 0 Å². The molecule has 3 nitrogen and oxygen atoms in total. The quantitative estimate of drug-likeness (QED) is 0.313. The number of rotatable bonds is 10. The number of nitrogens with zero attached hydrogens (tertiary/aromatic N) is 1. The highest BCUT2D eigenvalue weighted by Gasteiger charge is 2.11. The average molecular weight is 384 g/mol. The highest BCUT2D eigenvalue weighted by molar-refractivity contribution is 5.88. The number of carbonyl (C=O) groups excluding carboxylic acids is 1. The lowest BCUT2D eigenvalue weighted by Gasteiger charge is -2.12. The maximum Gasteiger partial charge on any atom is 0.335 e. The second-order valence-corrected chi connectivity index (χ2v) is 7.39. The molecule has 0 fully saturated rings. The predicted molar refractivity (Wildman–Crippen MR) is 113 cm³/mol. The van der Waals surface area contributed by atoms with Gasteiger partial charge in [-0.25, -0.2) is 9.18 Å². The summed E-state index contributed by atoms with van der Waals surface area (Å²) in [6, 6.07) is 13.0. The summed E-state index contributed by atoms with van der Waals surface area (Å²) in [7, 11) is 3.70. The molecule has 2 aromatic rings.